The third-order valence-electron chi connectivity index (χ3n) is 2.26. The summed E-state index contributed by atoms with van der Waals surface area (Å²) in [7, 11) is 0. The number of alkyl halides is 1. The smallest absolute Gasteiger partial charge is 0.200 e. The van der Waals surface area contributed by atoms with E-state index in [2.05, 4.69) is 0 Å². The Morgan fingerprint density at radius 1 is 1.42 bits per heavy atom. The third-order valence-corrected chi connectivity index (χ3v) is 2.26. The van der Waals surface area contributed by atoms with E-state index in [9.17, 15) is 9.18 Å². The molecule has 0 amide bonds. The molecule has 1 aliphatic rings. The highest BCUT2D eigenvalue weighted by atomic mass is 19.1. The zero-order valence-corrected chi connectivity index (χ0v) is 6.80. The van der Waals surface area contributed by atoms with E-state index < -0.39 is 5.67 Å². The summed E-state index contributed by atoms with van der Waals surface area (Å²) < 4.78 is 13.4. The van der Waals surface area contributed by atoms with Crippen LogP contribution in [0.25, 0.3) is 0 Å². The SMILES string of the molecule is C[C@@]1(F)Cc2ccccc2C1=O. The molecule has 2 heteroatoms. The van der Waals surface area contributed by atoms with Gasteiger partial charge in [0.2, 0.25) is 0 Å². The van der Waals surface area contributed by atoms with Crippen molar-refractivity contribution in [1.29, 1.82) is 0 Å². The lowest BCUT2D eigenvalue weighted by Gasteiger charge is -2.07. The summed E-state index contributed by atoms with van der Waals surface area (Å²) in [4.78, 5) is 11.3. The number of Topliss-reactive ketones (excluding diaryl/α,β-unsaturated/α-hetero) is 1. The van der Waals surface area contributed by atoms with Crippen molar-refractivity contribution >= 4 is 5.78 Å². The van der Waals surface area contributed by atoms with Crippen LogP contribution in [-0.2, 0) is 6.42 Å². The van der Waals surface area contributed by atoms with Crippen LogP contribution >= 0.6 is 0 Å². The maximum absolute atomic E-state index is 13.4. The third kappa shape index (κ3) is 0.876. The molecule has 0 N–H and O–H groups in total. The van der Waals surface area contributed by atoms with E-state index in [0.717, 1.165) is 5.56 Å². The molecule has 0 spiro atoms. The number of halogens is 1. The maximum atomic E-state index is 13.4. The van der Waals surface area contributed by atoms with Crippen molar-refractivity contribution in [2.75, 3.05) is 0 Å². The number of benzene rings is 1. The first kappa shape index (κ1) is 7.47. The van der Waals surface area contributed by atoms with Crippen LogP contribution in [-0.4, -0.2) is 11.5 Å². The Morgan fingerprint density at radius 3 is 2.75 bits per heavy atom. The van der Waals surface area contributed by atoms with Crippen LogP contribution in [0.2, 0.25) is 0 Å². The van der Waals surface area contributed by atoms with Crippen molar-refractivity contribution in [3.63, 3.8) is 0 Å². The van der Waals surface area contributed by atoms with E-state index in [4.69, 9.17) is 0 Å². The van der Waals surface area contributed by atoms with Crippen molar-refractivity contribution < 1.29 is 9.18 Å². The van der Waals surface area contributed by atoms with Crippen molar-refractivity contribution in [2.45, 2.75) is 19.0 Å². The van der Waals surface area contributed by atoms with Gasteiger partial charge in [-0.3, -0.25) is 4.79 Å². The van der Waals surface area contributed by atoms with Crippen molar-refractivity contribution in [1.82, 2.24) is 0 Å². The summed E-state index contributed by atoms with van der Waals surface area (Å²) in [6, 6.07) is 7.08. The van der Waals surface area contributed by atoms with E-state index in [0.29, 0.717) is 5.56 Å². The molecule has 0 aliphatic heterocycles. The van der Waals surface area contributed by atoms with Gasteiger partial charge < -0.3 is 0 Å². The number of rotatable bonds is 0. The zero-order valence-electron chi connectivity index (χ0n) is 6.80. The number of carbonyl (C=O) groups is 1. The molecule has 0 fully saturated rings. The second-order valence-electron chi connectivity index (χ2n) is 3.36. The Hall–Kier alpha value is -1.18. The summed E-state index contributed by atoms with van der Waals surface area (Å²) in [5, 5.41) is 0. The van der Waals surface area contributed by atoms with Gasteiger partial charge in [0.05, 0.1) is 0 Å². The summed E-state index contributed by atoms with van der Waals surface area (Å²) in [6.45, 7) is 1.34. The fourth-order valence-corrected chi connectivity index (χ4v) is 1.61. The molecule has 0 saturated carbocycles. The van der Waals surface area contributed by atoms with E-state index in [1.165, 1.54) is 6.92 Å². The van der Waals surface area contributed by atoms with Gasteiger partial charge in [-0.2, -0.15) is 0 Å². The standard InChI is InChI=1S/C10H9FO/c1-10(11)6-7-4-2-3-5-8(7)9(10)12/h2-5H,6H2,1H3/t10-/m1/s1. The molecule has 62 valence electrons. The highest BCUT2D eigenvalue weighted by Gasteiger charge is 2.41. The number of ketones is 1. The first-order chi connectivity index (χ1) is 5.61. The molecule has 0 heterocycles. The van der Waals surface area contributed by atoms with Crippen LogP contribution in [0, 0.1) is 0 Å². The van der Waals surface area contributed by atoms with Crippen LogP contribution in [0.15, 0.2) is 24.3 Å². The van der Waals surface area contributed by atoms with Gasteiger partial charge in [-0.25, -0.2) is 4.39 Å². The highest BCUT2D eigenvalue weighted by molar-refractivity contribution is 6.06. The van der Waals surface area contributed by atoms with Gasteiger partial charge in [0.25, 0.3) is 0 Å². The van der Waals surface area contributed by atoms with Gasteiger partial charge in [0.15, 0.2) is 11.5 Å². The molecule has 0 radical (unpaired) electrons. The maximum Gasteiger partial charge on any atom is 0.200 e. The second kappa shape index (κ2) is 2.16. The first-order valence-electron chi connectivity index (χ1n) is 3.93. The van der Waals surface area contributed by atoms with Crippen LogP contribution in [0.1, 0.15) is 22.8 Å². The van der Waals surface area contributed by atoms with Gasteiger partial charge in [0, 0.05) is 12.0 Å². The largest absolute Gasteiger partial charge is 0.291 e. The van der Waals surface area contributed by atoms with E-state index in [-0.39, 0.29) is 12.2 Å². The van der Waals surface area contributed by atoms with Crippen molar-refractivity contribution in [2.24, 2.45) is 0 Å². The molecule has 0 bridgehead atoms. The lowest BCUT2D eigenvalue weighted by Crippen LogP contribution is -2.25. The number of hydrogen-bond donors (Lipinski definition) is 0. The second-order valence-corrected chi connectivity index (χ2v) is 3.36. The molecule has 2 rings (SSSR count). The molecule has 1 atom stereocenters. The average molecular weight is 164 g/mol. The van der Waals surface area contributed by atoms with Gasteiger partial charge in [-0.1, -0.05) is 24.3 Å². The quantitative estimate of drug-likeness (QED) is 0.574. The average Bonchev–Trinajstić information content (AvgIpc) is 2.24. The highest BCUT2D eigenvalue weighted by Crippen LogP contribution is 2.32. The minimum Gasteiger partial charge on any atom is -0.291 e. The topological polar surface area (TPSA) is 17.1 Å². The molecule has 1 nitrogen and oxygen atoms in total. The summed E-state index contributed by atoms with van der Waals surface area (Å²) in [5.41, 5.74) is -0.307. The molecule has 1 aliphatic carbocycles. The molecule has 12 heavy (non-hydrogen) atoms. The number of fused-ring (bicyclic) bond motifs is 1. The van der Waals surface area contributed by atoms with E-state index in [1.54, 1.807) is 18.2 Å². The first-order valence-corrected chi connectivity index (χ1v) is 3.93. The fourth-order valence-electron chi connectivity index (χ4n) is 1.61. The molecular formula is C10H9FO. The Bertz CT molecular complexity index is 341. The molecular weight excluding hydrogens is 155 g/mol. The van der Waals surface area contributed by atoms with Crippen LogP contribution in [0.3, 0.4) is 0 Å². The van der Waals surface area contributed by atoms with E-state index in [1.807, 2.05) is 6.07 Å². The normalized spacial score (nSPS) is 27.3. The van der Waals surface area contributed by atoms with Crippen LogP contribution < -0.4 is 0 Å². The summed E-state index contributed by atoms with van der Waals surface area (Å²) >= 11 is 0. The summed E-state index contributed by atoms with van der Waals surface area (Å²) in [5.74, 6) is -0.377. The minimum absolute atomic E-state index is 0.224. The lowest BCUT2D eigenvalue weighted by molar-refractivity contribution is 0.0759. The Morgan fingerprint density at radius 2 is 2.08 bits per heavy atom. The number of hydrogen-bond acceptors (Lipinski definition) is 1. The monoisotopic (exact) mass is 164 g/mol. The minimum atomic E-state index is -1.68. The summed E-state index contributed by atoms with van der Waals surface area (Å²) in [6.07, 6.45) is 0.224. The predicted molar refractivity (Wildman–Crippen MR) is 44.0 cm³/mol. The van der Waals surface area contributed by atoms with Crippen molar-refractivity contribution in [3.8, 4) is 0 Å². The van der Waals surface area contributed by atoms with Gasteiger partial charge >= 0.3 is 0 Å². The molecule has 0 unspecified atom stereocenters. The molecule has 0 saturated heterocycles. The Kier molecular flexibility index (Phi) is 1.34. The molecule has 1 aromatic rings. The predicted octanol–water partition coefficient (Wildman–Crippen LogP) is 2.15. The molecule has 1 aromatic carbocycles. The Labute approximate surface area is 70.2 Å². The van der Waals surface area contributed by atoms with Crippen LogP contribution in [0.5, 0.6) is 0 Å². The Balaban J connectivity index is 2.57. The molecule has 0 aromatic heterocycles. The zero-order chi connectivity index (χ0) is 8.77. The fraction of sp³-hybridized carbons (Fsp3) is 0.300. The lowest BCUT2D eigenvalue weighted by atomic mass is 10.1. The van der Waals surface area contributed by atoms with Gasteiger partial charge in [0.1, 0.15) is 0 Å². The van der Waals surface area contributed by atoms with Gasteiger partial charge in [-0.05, 0) is 12.5 Å². The van der Waals surface area contributed by atoms with Gasteiger partial charge in [-0.15, -0.1) is 0 Å². The van der Waals surface area contributed by atoms with Crippen LogP contribution in [0.4, 0.5) is 4.39 Å². The van der Waals surface area contributed by atoms with E-state index >= 15 is 0 Å². The van der Waals surface area contributed by atoms with Crippen molar-refractivity contribution in [3.05, 3.63) is 35.4 Å². The number of carbonyl (C=O) groups excluding carboxylic acids is 1.